The molecule has 7 heavy (non-hydrogen) atoms. The van der Waals surface area contributed by atoms with Crippen molar-refractivity contribution >= 4 is 26.7 Å². The number of rotatable bonds is 1. The fourth-order valence-electron chi connectivity index (χ4n) is 0. The van der Waals surface area contributed by atoms with Crippen molar-refractivity contribution in [1.29, 1.82) is 0 Å². The van der Waals surface area contributed by atoms with Gasteiger partial charge in [0.1, 0.15) is 0 Å². The third kappa shape index (κ3) is 10.8. The molecule has 0 aromatic carbocycles. The van der Waals surface area contributed by atoms with Gasteiger partial charge in [-0.1, -0.05) is 0 Å². The number of hydrogen-bond acceptors (Lipinski definition) is 3. The van der Waals surface area contributed by atoms with E-state index in [0.717, 1.165) is 0 Å². The molecule has 40 valence electrons. The molecule has 0 aromatic rings. The molecule has 0 aliphatic heterocycles. The summed E-state index contributed by atoms with van der Waals surface area (Å²) in [6, 6.07) is 0. The summed E-state index contributed by atoms with van der Waals surface area (Å²) in [6.07, 6.45) is 0. The Labute approximate surface area is 51.6 Å². The van der Waals surface area contributed by atoms with Crippen LogP contribution in [-0.4, -0.2) is 33.9 Å². The van der Waals surface area contributed by atoms with Crippen LogP contribution >= 0.6 is 7.82 Å². The Morgan fingerprint density at radius 2 is 1.57 bits per heavy atom. The van der Waals surface area contributed by atoms with Crippen molar-refractivity contribution in [3.05, 3.63) is 0 Å². The monoisotopic (exact) mass is 122 g/mol. The molecule has 0 rings (SSSR count). The van der Waals surface area contributed by atoms with Crippen LogP contribution in [-0.2, 0) is 9.24 Å². The van der Waals surface area contributed by atoms with E-state index in [1.165, 1.54) is 0 Å². The summed E-state index contributed by atoms with van der Waals surface area (Å²) >= 11 is 0. The molecule has 7 heteroatoms. The fourth-order valence-corrected chi connectivity index (χ4v) is 0. The number of hydrogen-bond donors (Lipinski definition) is 3. The first-order valence-corrected chi connectivity index (χ1v) is 2.48. The van der Waals surface area contributed by atoms with Crippen LogP contribution in [0.2, 0.25) is 0 Å². The Balaban J connectivity index is 0. The summed E-state index contributed by atoms with van der Waals surface area (Å²) in [5.41, 5.74) is 0. The molecule has 0 saturated heterocycles. The van der Waals surface area contributed by atoms with Crippen LogP contribution in [0.25, 0.3) is 0 Å². The van der Waals surface area contributed by atoms with Gasteiger partial charge in [-0.2, -0.15) is 0 Å². The zero-order valence-electron chi connectivity index (χ0n) is 2.61. The van der Waals surface area contributed by atoms with Gasteiger partial charge in [-0.15, -0.1) is 4.67 Å². The van der Waals surface area contributed by atoms with Crippen molar-refractivity contribution in [2.24, 2.45) is 0 Å². The van der Waals surface area contributed by atoms with Crippen LogP contribution in [0.1, 0.15) is 0 Å². The van der Waals surface area contributed by atoms with Gasteiger partial charge in [-0.25, -0.2) is 9.82 Å². The molecule has 0 heterocycles. The van der Waals surface area contributed by atoms with Gasteiger partial charge >= 0.3 is 26.7 Å². The Kier molecular flexibility index (Phi) is 5.52. The first-order chi connectivity index (χ1) is 2.56. The van der Waals surface area contributed by atoms with Crippen LogP contribution in [0.5, 0.6) is 0 Å². The predicted octanol–water partition coefficient (Wildman–Crippen LogP) is -1.08. The topological polar surface area (TPSA) is 87.0 Å². The molecule has 0 saturated carbocycles. The fraction of sp³-hybridized carbons (Fsp3) is 0. The first-order valence-electron chi connectivity index (χ1n) is 0.948. The van der Waals surface area contributed by atoms with E-state index >= 15 is 0 Å². The van der Waals surface area contributed by atoms with Gasteiger partial charge in [-0.3, -0.25) is 0 Å². The van der Waals surface area contributed by atoms with Crippen LogP contribution < -0.4 is 0 Å². The summed E-state index contributed by atoms with van der Waals surface area (Å²) in [5, 5.41) is 7.14. The van der Waals surface area contributed by atoms with Crippen molar-refractivity contribution in [3.63, 3.8) is 0 Å². The van der Waals surface area contributed by atoms with Crippen molar-refractivity contribution in [1.82, 2.24) is 0 Å². The van der Waals surface area contributed by atoms with Crippen molar-refractivity contribution < 1.29 is 24.3 Å². The SMILES string of the molecule is O=P(O)(O)OO.[LiH]. The minimum absolute atomic E-state index is 0. The van der Waals surface area contributed by atoms with Crippen molar-refractivity contribution in [2.45, 2.75) is 0 Å². The average Bonchev–Trinajstić information content (AvgIpc) is 1.35. The molecule has 0 radical (unpaired) electrons. The maximum atomic E-state index is 9.22. The Bertz CT molecular complexity index is 72.1. The summed E-state index contributed by atoms with van der Waals surface area (Å²) in [5.74, 6) is 0. The zero-order valence-corrected chi connectivity index (χ0v) is 3.50. The third-order valence-corrected chi connectivity index (χ3v) is 0.319. The van der Waals surface area contributed by atoms with Gasteiger partial charge < -0.3 is 9.79 Å². The van der Waals surface area contributed by atoms with E-state index < -0.39 is 7.82 Å². The van der Waals surface area contributed by atoms with Gasteiger partial charge in [0.15, 0.2) is 0 Å². The molecule has 0 atom stereocenters. The Morgan fingerprint density at radius 1 is 1.43 bits per heavy atom. The molecule has 0 spiro atoms. The van der Waals surface area contributed by atoms with Gasteiger partial charge in [-0.05, 0) is 0 Å². The van der Waals surface area contributed by atoms with E-state index in [1.807, 2.05) is 0 Å². The quantitative estimate of drug-likeness (QED) is 0.178. The molecule has 5 nitrogen and oxygen atoms in total. The minimum atomic E-state index is -4.59. The number of phosphoric acid groups is 1. The molecule has 0 aliphatic carbocycles. The van der Waals surface area contributed by atoms with Gasteiger partial charge in [0.2, 0.25) is 0 Å². The van der Waals surface area contributed by atoms with E-state index in [2.05, 4.69) is 4.67 Å². The van der Waals surface area contributed by atoms with Crippen LogP contribution in [0.15, 0.2) is 0 Å². The van der Waals surface area contributed by atoms with E-state index in [-0.39, 0.29) is 18.9 Å². The molecule has 0 bridgehead atoms. The van der Waals surface area contributed by atoms with E-state index in [1.54, 1.807) is 0 Å². The van der Waals surface area contributed by atoms with Crippen LogP contribution in [0, 0.1) is 0 Å². The van der Waals surface area contributed by atoms with E-state index in [4.69, 9.17) is 15.0 Å². The Morgan fingerprint density at radius 3 is 1.57 bits per heavy atom. The first kappa shape index (κ1) is 10.6. The third-order valence-electron chi connectivity index (χ3n) is 0.106. The van der Waals surface area contributed by atoms with Gasteiger partial charge in [0, 0.05) is 0 Å². The standard InChI is InChI=1S/Li.H3O5P.H/c;1-5-6(2,3)4;/h;1H,(H2,2,3,4);. The zero-order chi connectivity index (χ0) is 5.21. The van der Waals surface area contributed by atoms with E-state index in [9.17, 15) is 4.57 Å². The second-order valence-corrected chi connectivity index (χ2v) is 1.72. The second kappa shape index (κ2) is 3.64. The predicted molar refractivity (Wildman–Crippen MR) is 22.9 cm³/mol. The average molecular weight is 122 g/mol. The summed E-state index contributed by atoms with van der Waals surface area (Å²) < 4.78 is 11.8. The van der Waals surface area contributed by atoms with Crippen LogP contribution in [0.3, 0.4) is 0 Å². The summed E-state index contributed by atoms with van der Waals surface area (Å²) in [4.78, 5) is 14.9. The maximum absolute atomic E-state index is 9.22. The molecule has 0 unspecified atom stereocenters. The molecule has 3 N–H and O–H groups in total. The van der Waals surface area contributed by atoms with E-state index in [0.29, 0.717) is 0 Å². The van der Waals surface area contributed by atoms with Crippen LogP contribution in [0.4, 0.5) is 0 Å². The van der Waals surface area contributed by atoms with Gasteiger partial charge in [0.25, 0.3) is 0 Å². The summed E-state index contributed by atoms with van der Waals surface area (Å²) in [6.45, 7) is 0. The summed E-state index contributed by atoms with van der Waals surface area (Å²) in [7, 11) is -4.59. The second-order valence-electron chi connectivity index (χ2n) is 0.572. The van der Waals surface area contributed by atoms with Crippen molar-refractivity contribution in [3.8, 4) is 0 Å². The van der Waals surface area contributed by atoms with Gasteiger partial charge in [0.05, 0.1) is 0 Å². The van der Waals surface area contributed by atoms with Crippen molar-refractivity contribution in [2.75, 3.05) is 0 Å². The molecule has 0 amide bonds. The normalized spacial score (nSPS) is 10.1. The Hall–Kier alpha value is 0.667. The molecule has 0 aromatic heterocycles. The molecular formula is H4LiO5P. The molecule has 0 fully saturated rings. The molecular weight excluding hydrogens is 118 g/mol. The molecule has 0 aliphatic rings.